The third-order valence-electron chi connectivity index (χ3n) is 3.36. The van der Waals surface area contributed by atoms with Crippen molar-refractivity contribution in [3.8, 4) is 0 Å². The Hall–Kier alpha value is -0.0831. The number of hydrogen-bond donors (Lipinski definition) is 1. The van der Waals surface area contributed by atoms with Gasteiger partial charge in [0.1, 0.15) is 0 Å². The molecule has 14 heavy (non-hydrogen) atoms. The molecule has 2 atom stereocenters. The van der Waals surface area contributed by atoms with E-state index in [0.717, 1.165) is 25.7 Å². The number of unbranched alkanes of at least 4 members (excludes halogenated alkanes) is 2. The lowest BCUT2D eigenvalue weighted by Gasteiger charge is -2.19. The standard InChI is InChI=1S/C12H24OSi/c1-5-6-7-8-9-12(13)10-11(12)14(2,3)4/h5,11,13H,1,6-10H2,2-4H3/t11-,12+/m0/s1. The Morgan fingerprint density at radius 1 is 1.43 bits per heavy atom. The molecule has 1 N–H and O–H groups in total. The molecular weight excluding hydrogens is 188 g/mol. The zero-order chi connectivity index (χ0) is 10.8. The Morgan fingerprint density at radius 3 is 2.50 bits per heavy atom. The maximum atomic E-state index is 10.2. The summed E-state index contributed by atoms with van der Waals surface area (Å²) in [7, 11) is -1.10. The van der Waals surface area contributed by atoms with Crippen molar-refractivity contribution in [2.45, 2.75) is 62.9 Å². The molecule has 0 radical (unpaired) electrons. The van der Waals surface area contributed by atoms with Crippen molar-refractivity contribution in [2.24, 2.45) is 0 Å². The molecule has 1 aliphatic carbocycles. The third kappa shape index (κ3) is 2.96. The van der Waals surface area contributed by atoms with E-state index in [1.165, 1.54) is 6.42 Å². The number of aliphatic hydroxyl groups is 1. The van der Waals surface area contributed by atoms with Crippen molar-refractivity contribution >= 4 is 8.07 Å². The largest absolute Gasteiger partial charge is 0.390 e. The molecule has 0 bridgehead atoms. The molecule has 0 saturated heterocycles. The van der Waals surface area contributed by atoms with Crippen LogP contribution in [0.25, 0.3) is 0 Å². The first-order chi connectivity index (χ1) is 6.40. The summed E-state index contributed by atoms with van der Waals surface area (Å²) in [5.74, 6) is 0. The Morgan fingerprint density at radius 2 is 2.07 bits per heavy atom. The molecular formula is C12H24OSi. The molecule has 1 aliphatic rings. The molecule has 1 nitrogen and oxygen atoms in total. The van der Waals surface area contributed by atoms with Crippen LogP contribution in [-0.2, 0) is 0 Å². The van der Waals surface area contributed by atoms with Crippen LogP contribution in [0.5, 0.6) is 0 Å². The summed E-state index contributed by atoms with van der Waals surface area (Å²) in [5.41, 5.74) is 0.379. The molecule has 1 saturated carbocycles. The summed E-state index contributed by atoms with van der Waals surface area (Å²) in [6, 6.07) is 0. The third-order valence-corrected chi connectivity index (χ3v) is 6.19. The summed E-state index contributed by atoms with van der Waals surface area (Å²) in [6.07, 6.45) is 7.47. The molecule has 0 amide bonds. The zero-order valence-corrected chi connectivity index (χ0v) is 10.8. The van der Waals surface area contributed by atoms with Gasteiger partial charge in [-0.3, -0.25) is 0 Å². The van der Waals surface area contributed by atoms with Gasteiger partial charge in [-0.05, 0) is 31.2 Å². The fourth-order valence-electron chi connectivity index (χ4n) is 2.40. The molecule has 0 aromatic heterocycles. The first kappa shape index (κ1) is 12.0. The Kier molecular flexibility index (Phi) is 3.59. The zero-order valence-electron chi connectivity index (χ0n) is 9.84. The van der Waals surface area contributed by atoms with E-state index < -0.39 is 8.07 Å². The van der Waals surface area contributed by atoms with E-state index in [4.69, 9.17) is 0 Å². The van der Waals surface area contributed by atoms with Gasteiger partial charge in [0.05, 0.1) is 13.7 Å². The van der Waals surface area contributed by atoms with E-state index in [2.05, 4.69) is 26.2 Å². The van der Waals surface area contributed by atoms with Crippen molar-refractivity contribution in [1.82, 2.24) is 0 Å². The van der Waals surface area contributed by atoms with Gasteiger partial charge in [0.2, 0.25) is 0 Å². The molecule has 1 rings (SSSR count). The molecule has 0 heterocycles. The number of rotatable bonds is 6. The minimum Gasteiger partial charge on any atom is -0.390 e. The molecule has 2 heteroatoms. The SMILES string of the molecule is C=CCCCC[C@@]1(O)C[C@@H]1[Si](C)(C)C. The van der Waals surface area contributed by atoms with Crippen molar-refractivity contribution in [1.29, 1.82) is 0 Å². The summed E-state index contributed by atoms with van der Waals surface area (Å²) >= 11 is 0. The van der Waals surface area contributed by atoms with Gasteiger partial charge in [0, 0.05) is 0 Å². The lowest BCUT2D eigenvalue weighted by atomic mass is 10.1. The highest BCUT2D eigenvalue weighted by atomic mass is 28.3. The molecule has 82 valence electrons. The van der Waals surface area contributed by atoms with Crippen LogP contribution >= 0.6 is 0 Å². The van der Waals surface area contributed by atoms with Gasteiger partial charge in [-0.1, -0.05) is 32.1 Å². The van der Waals surface area contributed by atoms with E-state index in [-0.39, 0.29) is 5.60 Å². The molecule has 0 aromatic rings. The highest BCUT2D eigenvalue weighted by Gasteiger charge is 2.57. The Balaban J connectivity index is 2.23. The summed E-state index contributed by atoms with van der Waals surface area (Å²) < 4.78 is 0. The van der Waals surface area contributed by atoms with Crippen LogP contribution in [0.2, 0.25) is 25.2 Å². The van der Waals surface area contributed by atoms with Gasteiger partial charge < -0.3 is 5.11 Å². The van der Waals surface area contributed by atoms with Gasteiger partial charge in [-0.2, -0.15) is 0 Å². The smallest absolute Gasteiger partial charge is 0.0654 e. The predicted octanol–water partition coefficient (Wildman–Crippen LogP) is 3.58. The second kappa shape index (κ2) is 4.19. The van der Waals surface area contributed by atoms with Gasteiger partial charge in [0.15, 0.2) is 0 Å². The van der Waals surface area contributed by atoms with Gasteiger partial charge in [-0.15, -0.1) is 6.58 Å². The summed E-state index contributed by atoms with van der Waals surface area (Å²) in [4.78, 5) is 0. The van der Waals surface area contributed by atoms with E-state index in [1.807, 2.05) is 6.08 Å². The molecule has 1 fully saturated rings. The van der Waals surface area contributed by atoms with Crippen LogP contribution in [0.3, 0.4) is 0 Å². The van der Waals surface area contributed by atoms with Crippen LogP contribution in [0.4, 0.5) is 0 Å². The average molecular weight is 212 g/mol. The van der Waals surface area contributed by atoms with Gasteiger partial charge >= 0.3 is 0 Å². The fraction of sp³-hybridized carbons (Fsp3) is 0.833. The van der Waals surface area contributed by atoms with Crippen molar-refractivity contribution in [3.63, 3.8) is 0 Å². The topological polar surface area (TPSA) is 20.2 Å². The van der Waals surface area contributed by atoms with Gasteiger partial charge in [0.25, 0.3) is 0 Å². The van der Waals surface area contributed by atoms with Crippen LogP contribution in [-0.4, -0.2) is 18.8 Å². The van der Waals surface area contributed by atoms with E-state index >= 15 is 0 Å². The second-order valence-electron chi connectivity index (χ2n) is 5.76. The normalized spacial score (nSPS) is 31.6. The first-order valence-corrected chi connectivity index (χ1v) is 9.31. The highest BCUT2D eigenvalue weighted by molar-refractivity contribution is 6.78. The van der Waals surface area contributed by atoms with Crippen molar-refractivity contribution < 1.29 is 5.11 Å². The van der Waals surface area contributed by atoms with Gasteiger partial charge in [-0.25, -0.2) is 0 Å². The average Bonchev–Trinajstić information content (AvgIpc) is 2.72. The second-order valence-corrected chi connectivity index (χ2v) is 11.2. The fourth-order valence-corrected chi connectivity index (χ4v) is 5.13. The monoisotopic (exact) mass is 212 g/mol. The van der Waals surface area contributed by atoms with E-state index in [0.29, 0.717) is 5.54 Å². The van der Waals surface area contributed by atoms with Crippen molar-refractivity contribution in [2.75, 3.05) is 0 Å². The maximum Gasteiger partial charge on any atom is 0.0654 e. The minimum absolute atomic E-state index is 0.272. The van der Waals surface area contributed by atoms with E-state index in [9.17, 15) is 5.11 Å². The highest BCUT2D eigenvalue weighted by Crippen LogP contribution is 2.57. The van der Waals surface area contributed by atoms with Crippen LogP contribution < -0.4 is 0 Å². The number of hydrogen-bond acceptors (Lipinski definition) is 1. The molecule has 0 unspecified atom stereocenters. The minimum atomic E-state index is -1.10. The predicted molar refractivity (Wildman–Crippen MR) is 65.3 cm³/mol. The van der Waals surface area contributed by atoms with Crippen LogP contribution in [0, 0.1) is 0 Å². The summed E-state index contributed by atoms with van der Waals surface area (Å²) in [6.45, 7) is 10.8. The van der Waals surface area contributed by atoms with Crippen LogP contribution in [0.15, 0.2) is 12.7 Å². The lowest BCUT2D eigenvalue weighted by molar-refractivity contribution is 0.136. The maximum absolute atomic E-state index is 10.2. The Bertz CT molecular complexity index is 207. The molecule has 0 aliphatic heterocycles. The molecule has 0 aromatic carbocycles. The number of allylic oxidation sites excluding steroid dienone is 1. The lowest BCUT2D eigenvalue weighted by Crippen LogP contribution is -2.26. The summed E-state index contributed by atoms with van der Waals surface area (Å²) in [5, 5.41) is 10.2. The van der Waals surface area contributed by atoms with E-state index in [1.54, 1.807) is 0 Å². The first-order valence-electron chi connectivity index (χ1n) is 5.73. The van der Waals surface area contributed by atoms with Crippen LogP contribution in [0.1, 0.15) is 32.1 Å². The van der Waals surface area contributed by atoms with Crippen molar-refractivity contribution in [3.05, 3.63) is 12.7 Å². The Labute approximate surface area is 89.2 Å². The quantitative estimate of drug-likeness (QED) is 0.405. The molecule has 0 spiro atoms.